The van der Waals surface area contributed by atoms with Crippen molar-refractivity contribution in [3.8, 4) is 0 Å². The van der Waals surface area contributed by atoms with Crippen LogP contribution in [0.15, 0.2) is 22.5 Å². The third-order valence-electron chi connectivity index (χ3n) is 2.27. The quantitative estimate of drug-likeness (QED) is 0.550. The van der Waals surface area contributed by atoms with Crippen LogP contribution in [-0.2, 0) is 10.0 Å². The second kappa shape index (κ2) is 7.55. The van der Waals surface area contributed by atoms with Gasteiger partial charge in [0.1, 0.15) is 0 Å². The normalized spacial score (nSPS) is 11.0. The summed E-state index contributed by atoms with van der Waals surface area (Å²) < 4.78 is 21.8. The highest BCUT2D eigenvalue weighted by atomic mass is 35.5. The van der Waals surface area contributed by atoms with Gasteiger partial charge in [-0.05, 0) is 30.4 Å². The first-order chi connectivity index (χ1) is 11.1. The van der Waals surface area contributed by atoms with Gasteiger partial charge in [-0.3, -0.25) is 5.32 Å². The van der Waals surface area contributed by atoms with Gasteiger partial charge in [0.25, 0.3) is 10.0 Å². The first kappa shape index (κ1) is 18.8. The van der Waals surface area contributed by atoms with Gasteiger partial charge in [-0.1, -0.05) is 34.5 Å². The van der Waals surface area contributed by atoms with Crippen molar-refractivity contribution in [2.45, 2.75) is 4.34 Å². The molecular formula is C10H8Cl2N6O3S3. The number of aromatic nitrogens is 2. The molecule has 0 bridgehead atoms. The van der Waals surface area contributed by atoms with Crippen molar-refractivity contribution in [2.75, 3.05) is 10.6 Å². The topological polar surface area (TPSA) is 139 Å². The van der Waals surface area contributed by atoms with E-state index in [9.17, 15) is 13.2 Å². The second-order valence-corrected chi connectivity index (χ2v) is 8.02. The van der Waals surface area contributed by atoms with Crippen molar-refractivity contribution < 1.29 is 13.2 Å². The summed E-state index contributed by atoms with van der Waals surface area (Å²) in [5, 5.41) is 19.7. The molecule has 0 fully saturated rings. The Bertz CT molecular complexity index is 901. The highest BCUT2D eigenvalue weighted by molar-refractivity contribution is 7.91. The van der Waals surface area contributed by atoms with Crippen molar-refractivity contribution in [1.29, 1.82) is 0 Å². The lowest BCUT2D eigenvalue weighted by molar-refractivity contribution is 0.256. The molecule has 1 aromatic carbocycles. The minimum absolute atomic E-state index is 0.0545. The summed E-state index contributed by atoms with van der Waals surface area (Å²) in [6.45, 7) is 0. The number of halogens is 2. The largest absolute Gasteiger partial charge is 0.325 e. The van der Waals surface area contributed by atoms with Gasteiger partial charge in [-0.15, -0.1) is 10.2 Å². The molecule has 1 aromatic heterocycles. The molecule has 5 N–H and O–H groups in total. The summed E-state index contributed by atoms with van der Waals surface area (Å²) in [6.07, 6.45) is 0. The highest BCUT2D eigenvalue weighted by Gasteiger charge is 2.16. The van der Waals surface area contributed by atoms with E-state index >= 15 is 0 Å². The molecule has 24 heavy (non-hydrogen) atoms. The predicted octanol–water partition coefficient (Wildman–Crippen LogP) is 2.01. The van der Waals surface area contributed by atoms with Crippen LogP contribution >= 0.6 is 46.8 Å². The second-order valence-electron chi connectivity index (χ2n) is 4.08. The van der Waals surface area contributed by atoms with E-state index in [-0.39, 0.29) is 19.6 Å². The van der Waals surface area contributed by atoms with Crippen LogP contribution in [0, 0.1) is 0 Å². The van der Waals surface area contributed by atoms with Crippen LogP contribution < -0.4 is 21.1 Å². The summed E-state index contributed by atoms with van der Waals surface area (Å²) in [5.74, 6) is 0. The molecule has 2 aromatic rings. The molecule has 14 heteroatoms. The molecule has 1 heterocycles. The molecule has 0 aliphatic carbocycles. The van der Waals surface area contributed by atoms with Crippen LogP contribution in [0.25, 0.3) is 0 Å². The van der Waals surface area contributed by atoms with E-state index in [1.807, 2.05) is 0 Å². The molecule has 2 amide bonds. The van der Waals surface area contributed by atoms with E-state index in [0.29, 0.717) is 22.0 Å². The Labute approximate surface area is 155 Å². The number of carbonyl (C=O) groups excluding carboxylic acids is 1. The van der Waals surface area contributed by atoms with Crippen molar-refractivity contribution >= 4 is 78.7 Å². The maximum atomic E-state index is 11.8. The van der Waals surface area contributed by atoms with Gasteiger partial charge in [-0.2, -0.15) is 0 Å². The zero-order valence-electron chi connectivity index (χ0n) is 11.4. The average Bonchev–Trinajstić information content (AvgIpc) is 2.91. The maximum absolute atomic E-state index is 11.8. The summed E-state index contributed by atoms with van der Waals surface area (Å²) in [5.41, 5.74) is 0.400. The molecule has 128 valence electrons. The molecule has 2 rings (SSSR count). The predicted molar refractivity (Wildman–Crippen MR) is 96.1 cm³/mol. The Morgan fingerprint density at radius 1 is 1.21 bits per heavy atom. The zero-order valence-corrected chi connectivity index (χ0v) is 15.4. The SMILES string of the molecule is NS(=O)(=O)c1nnc(NC(=S)NC(=O)Nc2ccc(Cl)c(Cl)c2)s1. The fraction of sp³-hybridized carbons (Fsp3) is 0. The van der Waals surface area contributed by atoms with E-state index in [1.165, 1.54) is 12.1 Å². The van der Waals surface area contributed by atoms with Gasteiger partial charge in [0.15, 0.2) is 5.11 Å². The average molecular weight is 427 g/mol. The Morgan fingerprint density at radius 3 is 2.50 bits per heavy atom. The number of hydrogen-bond acceptors (Lipinski definition) is 7. The number of nitrogens with one attached hydrogen (secondary N) is 3. The number of sulfonamides is 1. The van der Waals surface area contributed by atoms with Crippen molar-refractivity contribution in [1.82, 2.24) is 15.5 Å². The molecule has 0 aliphatic rings. The number of urea groups is 1. The number of carbonyl (C=O) groups is 1. The zero-order chi connectivity index (χ0) is 17.9. The van der Waals surface area contributed by atoms with Crippen LogP contribution in [-0.4, -0.2) is 29.8 Å². The number of thiocarbonyl (C=S) groups is 1. The van der Waals surface area contributed by atoms with Gasteiger partial charge < -0.3 is 10.6 Å². The Balaban J connectivity index is 1.93. The van der Waals surface area contributed by atoms with Crippen molar-refractivity contribution in [2.24, 2.45) is 5.14 Å². The number of amides is 2. The van der Waals surface area contributed by atoms with E-state index in [1.54, 1.807) is 6.07 Å². The lowest BCUT2D eigenvalue weighted by Crippen LogP contribution is -2.37. The minimum atomic E-state index is -3.95. The fourth-order valence-corrected chi connectivity index (χ4v) is 3.23. The van der Waals surface area contributed by atoms with Crippen molar-refractivity contribution in [3.63, 3.8) is 0 Å². The number of nitrogens with zero attached hydrogens (tertiary/aromatic N) is 2. The van der Waals surface area contributed by atoms with E-state index < -0.39 is 16.1 Å². The third kappa shape index (κ3) is 5.22. The summed E-state index contributed by atoms with van der Waals surface area (Å²) in [4.78, 5) is 11.8. The van der Waals surface area contributed by atoms with Gasteiger partial charge in [0.05, 0.1) is 10.0 Å². The Kier molecular flexibility index (Phi) is 5.90. The van der Waals surface area contributed by atoms with Crippen LogP contribution in [0.1, 0.15) is 0 Å². The van der Waals surface area contributed by atoms with Crippen LogP contribution in [0.3, 0.4) is 0 Å². The monoisotopic (exact) mass is 426 g/mol. The third-order valence-corrected chi connectivity index (χ3v) is 5.37. The van der Waals surface area contributed by atoms with Gasteiger partial charge in [0.2, 0.25) is 9.47 Å². The van der Waals surface area contributed by atoms with Crippen molar-refractivity contribution in [3.05, 3.63) is 28.2 Å². The Morgan fingerprint density at radius 2 is 1.92 bits per heavy atom. The van der Waals surface area contributed by atoms with Crippen LogP contribution in [0.2, 0.25) is 10.0 Å². The minimum Gasteiger partial charge on any atom is -0.308 e. The molecule has 0 saturated heterocycles. The number of anilines is 2. The van der Waals surface area contributed by atoms with Gasteiger partial charge >= 0.3 is 6.03 Å². The molecule has 0 spiro atoms. The van der Waals surface area contributed by atoms with Crippen LogP contribution in [0.4, 0.5) is 15.6 Å². The molecule has 0 saturated carbocycles. The van der Waals surface area contributed by atoms with E-state index in [4.69, 9.17) is 40.6 Å². The first-order valence-electron chi connectivity index (χ1n) is 5.85. The van der Waals surface area contributed by atoms with Crippen LogP contribution in [0.5, 0.6) is 0 Å². The molecular weight excluding hydrogens is 419 g/mol. The summed E-state index contributed by atoms with van der Waals surface area (Å²) in [7, 11) is -3.95. The Hall–Kier alpha value is -1.57. The molecule has 0 unspecified atom stereocenters. The number of benzene rings is 1. The smallest absolute Gasteiger partial charge is 0.308 e. The van der Waals surface area contributed by atoms with Gasteiger partial charge in [-0.25, -0.2) is 18.4 Å². The number of nitrogens with two attached hydrogens (primary N) is 1. The summed E-state index contributed by atoms with van der Waals surface area (Å²) in [6, 6.07) is 3.88. The van der Waals surface area contributed by atoms with E-state index in [2.05, 4.69) is 26.1 Å². The molecule has 0 aliphatic heterocycles. The number of primary sulfonamides is 1. The fourth-order valence-electron chi connectivity index (χ4n) is 1.34. The molecule has 9 nitrogen and oxygen atoms in total. The number of hydrogen-bond donors (Lipinski definition) is 4. The van der Waals surface area contributed by atoms with Gasteiger partial charge in [0, 0.05) is 5.69 Å². The highest BCUT2D eigenvalue weighted by Crippen LogP contribution is 2.25. The first-order valence-corrected chi connectivity index (χ1v) is 9.38. The molecule has 0 atom stereocenters. The van der Waals surface area contributed by atoms with E-state index in [0.717, 1.165) is 0 Å². The lowest BCUT2D eigenvalue weighted by atomic mass is 10.3. The summed E-state index contributed by atoms with van der Waals surface area (Å²) >= 11 is 17.2. The molecule has 0 radical (unpaired) electrons. The standard InChI is InChI=1S/C10H8Cl2N6O3S3/c11-5-2-1-4(3-6(5)12)14-7(19)15-8(22)16-9-17-18-10(23-9)24(13,20)21/h1-3H,(H2,13,20,21)(H3,14,15,16,17,19,22). The lowest BCUT2D eigenvalue weighted by Gasteiger charge is -2.09. The maximum Gasteiger partial charge on any atom is 0.325 e. The number of rotatable bonds is 3.